The second kappa shape index (κ2) is 33.5. The number of amides is 1. The number of carbonyl (C=O) groups excluding carboxylic acids is 3. The Morgan fingerprint density at radius 1 is 0.698 bits per heavy atom. The van der Waals surface area contributed by atoms with Crippen molar-refractivity contribution in [1.82, 2.24) is 0 Å². The van der Waals surface area contributed by atoms with Crippen molar-refractivity contribution in [3.8, 4) is 82.9 Å². The quantitative estimate of drug-likeness (QED) is 0.0774. The van der Waals surface area contributed by atoms with E-state index in [1.165, 1.54) is 64.7 Å². The topological polar surface area (TPSA) is 116 Å². The predicted molar refractivity (Wildman–Crippen MR) is 196 cm³/mol. The zero-order chi connectivity index (χ0) is 32.2. The van der Waals surface area contributed by atoms with Gasteiger partial charge in [0.25, 0.3) is 0 Å². The fourth-order valence-electron chi connectivity index (χ4n) is 3.14. The lowest BCUT2D eigenvalue weighted by atomic mass is 10.0. The molecule has 0 heterocycles. The van der Waals surface area contributed by atoms with Crippen LogP contribution in [-0.2, 0) is 23.9 Å². The Hall–Kier alpha value is -4.71. The number of esters is 2. The molecule has 0 aliphatic heterocycles. The predicted octanol–water partition coefficient (Wildman–Crippen LogP) is 7.26. The van der Waals surface area contributed by atoms with Gasteiger partial charge in [0.15, 0.2) is 6.10 Å². The molecule has 0 fully saturated rings. The Morgan fingerprint density at radius 3 is 1.51 bits per heavy atom. The molecule has 0 aromatic heterocycles. The van der Waals surface area contributed by atoms with Gasteiger partial charge in [0.1, 0.15) is 6.61 Å². The molecule has 0 aliphatic rings. The van der Waals surface area contributed by atoms with Crippen molar-refractivity contribution in [2.24, 2.45) is 5.73 Å². The standard InChI is InChI=1S/C34H38O5.C2H5NO.13H2/c1-3-5-7-9-11-13-15-17-19-20-22-24-26-28-33(36)38-31-32(30-35)39-34(37)29-27-25-23-21-18-16-14-12-10-8-6-4-2;1-2(3)4;;;;;;;;;;;;;/h32,35H,4,6,8,10,12,14,16,18,21,23,25,27,29-31H2,1-2H3;1H3,(H2,3,4);13*1H/t32-;;;;;;;;;;;;;;/m0............../s1. The van der Waals surface area contributed by atoms with Gasteiger partial charge in [-0.3, -0.25) is 9.59 Å². The van der Waals surface area contributed by atoms with Crippen LogP contribution in [0.4, 0.5) is 0 Å². The Morgan fingerprint density at radius 2 is 1.09 bits per heavy atom. The van der Waals surface area contributed by atoms with Crippen molar-refractivity contribution >= 4 is 17.8 Å². The van der Waals surface area contributed by atoms with Gasteiger partial charge in [0.2, 0.25) is 5.91 Å². The van der Waals surface area contributed by atoms with Crippen molar-refractivity contribution in [2.75, 3.05) is 13.2 Å². The molecule has 1 amide bonds. The SMILES string of the molecule is CC#CC#CC#CC#CC#CC#CC#CC(=O)OC[C@H](CO)OC(=O)CCCCCCCCCCCCCC.CC(N)=O.[HH].[HH].[HH].[HH].[HH].[HH].[HH].[HH].[HH].[HH].[HH].[HH].[HH]. The van der Waals surface area contributed by atoms with Crippen LogP contribution in [0.5, 0.6) is 0 Å². The summed E-state index contributed by atoms with van der Waals surface area (Å²) in [6.45, 7) is 4.48. The first-order valence-corrected chi connectivity index (χ1v) is 14.5. The second-order valence-corrected chi connectivity index (χ2v) is 9.02. The smallest absolute Gasteiger partial charge is 0.385 e. The molecule has 7 nitrogen and oxygen atoms in total. The van der Waals surface area contributed by atoms with E-state index in [2.05, 4.69) is 95.5 Å². The van der Waals surface area contributed by atoms with Crippen LogP contribution in [-0.4, -0.2) is 42.3 Å². The molecule has 0 bridgehead atoms. The summed E-state index contributed by atoms with van der Waals surface area (Å²) in [6, 6.07) is 0. The summed E-state index contributed by atoms with van der Waals surface area (Å²) in [5.41, 5.74) is 4.47. The average Bonchev–Trinajstić information content (AvgIpc) is 2.97. The van der Waals surface area contributed by atoms with E-state index in [-0.39, 0.29) is 37.5 Å². The Labute approximate surface area is 278 Å². The fraction of sp³-hybridized carbons (Fsp3) is 0.528. The molecule has 0 saturated carbocycles. The Bertz CT molecular complexity index is 1300. The average molecular weight is 612 g/mol. The first kappa shape index (κ1) is 40.4. The van der Waals surface area contributed by atoms with Crippen molar-refractivity contribution in [3.05, 3.63) is 0 Å². The van der Waals surface area contributed by atoms with Gasteiger partial charge in [-0.05, 0) is 84.4 Å². The van der Waals surface area contributed by atoms with E-state index in [0.717, 1.165) is 19.3 Å². The maximum Gasteiger partial charge on any atom is 0.385 e. The van der Waals surface area contributed by atoms with Gasteiger partial charge in [-0.15, -0.1) is 0 Å². The number of carbonyl (C=O) groups is 3. The van der Waals surface area contributed by atoms with Crippen molar-refractivity contribution in [3.63, 3.8) is 0 Å². The highest BCUT2D eigenvalue weighted by Crippen LogP contribution is 2.12. The highest BCUT2D eigenvalue weighted by atomic mass is 16.6. The number of ether oxygens (including phenoxy) is 2. The number of hydrogen-bond donors (Lipinski definition) is 2. The van der Waals surface area contributed by atoms with Gasteiger partial charge in [0, 0.05) is 37.8 Å². The fourth-order valence-corrected chi connectivity index (χ4v) is 3.14. The summed E-state index contributed by atoms with van der Waals surface area (Å²) in [5, 5.41) is 9.39. The molecular formula is C36H69NO6. The monoisotopic (exact) mass is 612 g/mol. The summed E-state index contributed by atoms with van der Waals surface area (Å²) in [4.78, 5) is 32.9. The molecule has 43 heavy (non-hydrogen) atoms. The molecule has 1 atom stereocenters. The van der Waals surface area contributed by atoms with Crippen LogP contribution < -0.4 is 5.73 Å². The zero-order valence-electron chi connectivity index (χ0n) is 25.7. The Kier molecular flexibility index (Phi) is 31.5. The number of aliphatic hydroxyl groups excluding tert-OH is 1. The van der Waals surface area contributed by atoms with Crippen LogP contribution in [0.25, 0.3) is 0 Å². The van der Waals surface area contributed by atoms with Crippen LogP contribution in [0, 0.1) is 82.9 Å². The maximum absolute atomic E-state index is 12.0. The number of primary amides is 1. The summed E-state index contributed by atoms with van der Waals surface area (Å²) < 4.78 is 10.1. The minimum atomic E-state index is -0.926. The summed E-state index contributed by atoms with van der Waals surface area (Å²) >= 11 is 0. The molecule has 0 unspecified atom stereocenters. The minimum Gasteiger partial charge on any atom is -0.456 e. The molecule has 0 rings (SSSR count). The lowest BCUT2D eigenvalue weighted by Crippen LogP contribution is -2.28. The number of aliphatic hydroxyl groups is 1. The van der Waals surface area contributed by atoms with E-state index >= 15 is 0 Å². The molecule has 0 saturated heterocycles. The lowest BCUT2D eigenvalue weighted by Gasteiger charge is -2.14. The molecule has 3 N–H and O–H groups in total. The number of hydrogen-bond acceptors (Lipinski definition) is 6. The van der Waals surface area contributed by atoms with Crippen molar-refractivity contribution in [1.29, 1.82) is 0 Å². The summed E-state index contributed by atoms with van der Waals surface area (Å²) in [6.07, 6.45) is 13.9. The van der Waals surface area contributed by atoms with Gasteiger partial charge < -0.3 is 20.3 Å². The largest absolute Gasteiger partial charge is 0.456 e. The molecule has 0 spiro atoms. The van der Waals surface area contributed by atoms with E-state index < -0.39 is 24.6 Å². The number of rotatable bonds is 17. The van der Waals surface area contributed by atoms with Gasteiger partial charge in [0.05, 0.1) is 6.61 Å². The van der Waals surface area contributed by atoms with E-state index in [1.807, 2.05) is 0 Å². The summed E-state index contributed by atoms with van der Waals surface area (Å²) in [7, 11) is 0. The Balaban J connectivity index is -0.0000000723. The minimum absolute atomic E-state index is 0. The van der Waals surface area contributed by atoms with Crippen LogP contribution in [0.3, 0.4) is 0 Å². The van der Waals surface area contributed by atoms with Crippen LogP contribution in [0.15, 0.2) is 0 Å². The molecule has 0 aliphatic carbocycles. The van der Waals surface area contributed by atoms with Crippen LogP contribution >= 0.6 is 0 Å². The normalized spacial score (nSPS) is 8.84. The zero-order valence-corrected chi connectivity index (χ0v) is 25.7. The molecule has 0 aromatic carbocycles. The van der Waals surface area contributed by atoms with Gasteiger partial charge in [-0.1, -0.05) is 83.5 Å². The van der Waals surface area contributed by atoms with Crippen LogP contribution in [0.2, 0.25) is 0 Å². The third-order valence-electron chi connectivity index (χ3n) is 5.11. The van der Waals surface area contributed by atoms with Crippen molar-refractivity contribution in [2.45, 2.75) is 110 Å². The van der Waals surface area contributed by atoms with E-state index in [0.29, 0.717) is 0 Å². The van der Waals surface area contributed by atoms with Crippen molar-refractivity contribution < 1.29 is 47.5 Å². The van der Waals surface area contributed by atoms with E-state index in [4.69, 9.17) is 9.47 Å². The maximum atomic E-state index is 12.0. The first-order chi connectivity index (χ1) is 20.9. The van der Waals surface area contributed by atoms with E-state index in [9.17, 15) is 19.5 Å². The summed E-state index contributed by atoms with van der Waals surface area (Å²) in [5.74, 6) is 32.7. The van der Waals surface area contributed by atoms with Gasteiger partial charge in [-0.2, -0.15) is 0 Å². The highest BCUT2D eigenvalue weighted by molar-refractivity contribution is 5.89. The van der Waals surface area contributed by atoms with Gasteiger partial charge >= 0.3 is 11.9 Å². The van der Waals surface area contributed by atoms with Gasteiger partial charge in [-0.25, -0.2) is 4.79 Å². The number of nitrogens with two attached hydrogens (primary N) is 1. The molecule has 254 valence electrons. The van der Waals surface area contributed by atoms with Crippen LogP contribution in [0.1, 0.15) is 123 Å². The molecule has 0 radical (unpaired) electrons. The third kappa shape index (κ3) is 37.3. The lowest BCUT2D eigenvalue weighted by molar-refractivity contribution is -0.159. The highest BCUT2D eigenvalue weighted by Gasteiger charge is 2.15. The second-order valence-electron chi connectivity index (χ2n) is 9.02. The third-order valence-corrected chi connectivity index (χ3v) is 5.11. The first-order valence-electron chi connectivity index (χ1n) is 14.5. The molecule has 0 aromatic rings. The molecule has 7 heteroatoms. The van der Waals surface area contributed by atoms with E-state index in [1.54, 1.807) is 6.92 Å². The molecular weight excluding hydrogens is 542 g/mol. The number of unbranched alkanes of at least 4 members (excludes halogenated alkanes) is 11.